The van der Waals surface area contributed by atoms with E-state index in [0.29, 0.717) is 5.52 Å². The van der Waals surface area contributed by atoms with Crippen molar-refractivity contribution in [3.05, 3.63) is 67.6 Å². The number of nitrogens with zero attached hydrogens (tertiary/aromatic N) is 2. The molecule has 0 spiro atoms. The van der Waals surface area contributed by atoms with E-state index in [2.05, 4.69) is 20.9 Å². The highest BCUT2D eigenvalue weighted by molar-refractivity contribution is 9.10. The Labute approximate surface area is 133 Å². The van der Waals surface area contributed by atoms with E-state index in [1.54, 1.807) is 6.07 Å². The molecule has 0 aliphatic heterocycles. The van der Waals surface area contributed by atoms with Gasteiger partial charge in [-0.2, -0.15) is 0 Å². The molecular formula is C15H9BrN2O2S. The van der Waals surface area contributed by atoms with E-state index in [0.717, 1.165) is 19.7 Å². The number of aromatic nitrogens is 1. The second-order valence-electron chi connectivity index (χ2n) is 4.32. The number of hydrogen-bond donors (Lipinski definition) is 0. The smallest absolute Gasteiger partial charge is 0.258 e. The lowest BCUT2D eigenvalue weighted by atomic mass is 10.2. The summed E-state index contributed by atoms with van der Waals surface area (Å²) in [6.07, 6.45) is 3.88. The Bertz CT molecular complexity index is 858. The predicted molar refractivity (Wildman–Crippen MR) is 89.3 cm³/mol. The van der Waals surface area contributed by atoms with Crippen LogP contribution in [-0.4, -0.2) is 9.91 Å². The number of nitro benzene ring substituents is 1. The molecule has 3 rings (SSSR count). The minimum atomic E-state index is -0.407. The Morgan fingerprint density at radius 2 is 2.00 bits per heavy atom. The van der Waals surface area contributed by atoms with Crippen LogP contribution in [0.3, 0.4) is 0 Å². The summed E-state index contributed by atoms with van der Waals surface area (Å²) in [7, 11) is 0. The highest BCUT2D eigenvalue weighted by Gasteiger charge is 2.09. The van der Waals surface area contributed by atoms with Crippen molar-refractivity contribution in [1.29, 1.82) is 0 Å². The summed E-state index contributed by atoms with van der Waals surface area (Å²) in [4.78, 5) is 14.8. The molecule has 0 fully saturated rings. The van der Waals surface area contributed by atoms with Crippen molar-refractivity contribution in [1.82, 2.24) is 4.98 Å². The van der Waals surface area contributed by atoms with Gasteiger partial charge >= 0.3 is 0 Å². The number of hydrogen-bond acceptors (Lipinski definition) is 4. The third-order valence-electron chi connectivity index (χ3n) is 2.91. The molecule has 4 nitrogen and oxygen atoms in total. The fourth-order valence-corrected chi connectivity index (χ4v) is 3.16. The Kier molecular flexibility index (Phi) is 3.81. The average molecular weight is 361 g/mol. The Morgan fingerprint density at radius 1 is 1.19 bits per heavy atom. The first kappa shape index (κ1) is 13.9. The largest absolute Gasteiger partial charge is 0.271 e. The first-order chi connectivity index (χ1) is 10.1. The molecule has 0 N–H and O–H groups in total. The predicted octanol–water partition coefficient (Wildman–Crippen LogP) is 5.14. The number of non-ortho nitro benzene ring substituents is 1. The number of rotatable bonds is 3. The minimum Gasteiger partial charge on any atom is -0.258 e. The van der Waals surface area contributed by atoms with Gasteiger partial charge in [0.25, 0.3) is 5.69 Å². The van der Waals surface area contributed by atoms with Crippen LogP contribution in [0.5, 0.6) is 0 Å². The molecule has 0 saturated heterocycles. The topological polar surface area (TPSA) is 56.0 Å². The van der Waals surface area contributed by atoms with Gasteiger partial charge in [-0.25, -0.2) is 4.98 Å². The van der Waals surface area contributed by atoms with Gasteiger partial charge in [0.05, 0.1) is 15.1 Å². The Balaban J connectivity index is 1.95. The molecule has 21 heavy (non-hydrogen) atoms. The van der Waals surface area contributed by atoms with Gasteiger partial charge in [-0.3, -0.25) is 10.1 Å². The van der Waals surface area contributed by atoms with Crippen LogP contribution < -0.4 is 0 Å². The maximum atomic E-state index is 10.8. The number of thiazole rings is 1. The molecule has 1 heterocycles. The van der Waals surface area contributed by atoms with Crippen LogP contribution in [0.15, 0.2) is 46.9 Å². The zero-order valence-electron chi connectivity index (χ0n) is 10.7. The second-order valence-corrected chi connectivity index (χ2v) is 6.23. The maximum absolute atomic E-state index is 10.8. The molecule has 2 aromatic carbocycles. The van der Waals surface area contributed by atoms with Crippen LogP contribution in [0, 0.1) is 10.1 Å². The van der Waals surface area contributed by atoms with Crippen LogP contribution >= 0.6 is 27.3 Å². The van der Waals surface area contributed by atoms with Gasteiger partial charge in [0.2, 0.25) is 0 Å². The monoisotopic (exact) mass is 360 g/mol. The van der Waals surface area contributed by atoms with Crippen molar-refractivity contribution in [2.24, 2.45) is 0 Å². The maximum Gasteiger partial charge on any atom is 0.271 e. The minimum absolute atomic E-state index is 0.0640. The molecule has 0 radical (unpaired) electrons. The van der Waals surface area contributed by atoms with E-state index >= 15 is 0 Å². The van der Waals surface area contributed by atoms with E-state index in [-0.39, 0.29) is 5.69 Å². The third kappa shape index (κ3) is 3.01. The number of nitro groups is 1. The molecule has 1 aromatic heterocycles. The molecule has 0 aliphatic rings. The van der Waals surface area contributed by atoms with E-state index in [9.17, 15) is 10.1 Å². The first-order valence-electron chi connectivity index (χ1n) is 6.11. The van der Waals surface area contributed by atoms with Gasteiger partial charge in [0, 0.05) is 16.6 Å². The number of fused-ring (bicyclic) bond motifs is 1. The van der Waals surface area contributed by atoms with Crippen LogP contribution in [0.1, 0.15) is 10.6 Å². The second kappa shape index (κ2) is 5.75. The summed E-state index contributed by atoms with van der Waals surface area (Å²) in [5.74, 6) is 0. The van der Waals surface area contributed by atoms with E-state index < -0.39 is 4.92 Å². The van der Waals surface area contributed by atoms with Gasteiger partial charge in [0.1, 0.15) is 5.01 Å². The SMILES string of the molecule is O=[N+]([O-])c1ccc2sc(C=Cc3ccccc3Br)nc2c1. The van der Waals surface area contributed by atoms with Crippen molar-refractivity contribution in [2.45, 2.75) is 0 Å². The molecule has 0 aliphatic carbocycles. The number of halogens is 1. The summed E-state index contributed by atoms with van der Waals surface area (Å²) >= 11 is 4.99. The third-order valence-corrected chi connectivity index (χ3v) is 4.63. The average Bonchev–Trinajstić information content (AvgIpc) is 2.88. The molecule has 0 atom stereocenters. The lowest BCUT2D eigenvalue weighted by Crippen LogP contribution is -1.86. The first-order valence-corrected chi connectivity index (χ1v) is 7.72. The highest BCUT2D eigenvalue weighted by atomic mass is 79.9. The fourth-order valence-electron chi connectivity index (χ4n) is 1.89. The lowest BCUT2D eigenvalue weighted by molar-refractivity contribution is -0.384. The molecule has 104 valence electrons. The number of benzene rings is 2. The van der Waals surface area contributed by atoms with E-state index in [1.165, 1.54) is 23.5 Å². The van der Waals surface area contributed by atoms with Crippen LogP contribution in [0.2, 0.25) is 0 Å². The summed E-state index contributed by atoms with van der Waals surface area (Å²) in [5.41, 5.74) is 1.78. The van der Waals surface area contributed by atoms with Gasteiger partial charge in [0.15, 0.2) is 0 Å². The quantitative estimate of drug-likeness (QED) is 0.480. The molecule has 0 saturated carbocycles. The fraction of sp³-hybridized carbons (Fsp3) is 0. The molecular weight excluding hydrogens is 352 g/mol. The zero-order chi connectivity index (χ0) is 14.8. The van der Waals surface area contributed by atoms with Crippen molar-refractivity contribution >= 4 is 55.3 Å². The Morgan fingerprint density at radius 3 is 2.76 bits per heavy atom. The van der Waals surface area contributed by atoms with Gasteiger partial charge in [-0.1, -0.05) is 40.2 Å². The molecule has 6 heteroatoms. The summed E-state index contributed by atoms with van der Waals surface area (Å²) in [6, 6.07) is 12.6. The van der Waals surface area contributed by atoms with Crippen molar-refractivity contribution in [2.75, 3.05) is 0 Å². The highest BCUT2D eigenvalue weighted by Crippen LogP contribution is 2.27. The standard InChI is InChI=1S/C15H9BrN2O2S/c16-12-4-2-1-3-10(12)5-8-15-17-13-9-11(18(19)20)6-7-14(13)21-15/h1-9H. The van der Waals surface area contributed by atoms with Gasteiger partial charge in [-0.05, 0) is 23.8 Å². The molecule has 0 unspecified atom stereocenters. The van der Waals surface area contributed by atoms with Crippen LogP contribution in [-0.2, 0) is 0 Å². The van der Waals surface area contributed by atoms with E-state index in [4.69, 9.17) is 0 Å². The summed E-state index contributed by atoms with van der Waals surface area (Å²) in [6.45, 7) is 0. The van der Waals surface area contributed by atoms with Crippen molar-refractivity contribution in [3.8, 4) is 0 Å². The molecule has 0 bridgehead atoms. The zero-order valence-corrected chi connectivity index (χ0v) is 13.1. The summed E-state index contributed by atoms with van der Waals surface area (Å²) < 4.78 is 1.95. The van der Waals surface area contributed by atoms with Crippen molar-refractivity contribution in [3.63, 3.8) is 0 Å². The van der Waals surface area contributed by atoms with Gasteiger partial charge < -0.3 is 0 Å². The molecule has 3 aromatic rings. The van der Waals surface area contributed by atoms with Crippen molar-refractivity contribution < 1.29 is 4.92 Å². The lowest BCUT2D eigenvalue weighted by Gasteiger charge is -1.95. The van der Waals surface area contributed by atoms with Gasteiger partial charge in [-0.15, -0.1) is 11.3 Å². The normalized spacial score (nSPS) is 11.3. The Hall–Kier alpha value is -2.05. The van der Waals surface area contributed by atoms with Crippen LogP contribution in [0.4, 0.5) is 5.69 Å². The van der Waals surface area contributed by atoms with Crippen LogP contribution in [0.25, 0.3) is 22.4 Å². The molecule has 0 amide bonds. The summed E-state index contributed by atoms with van der Waals surface area (Å²) in [5, 5.41) is 11.6. The van der Waals surface area contributed by atoms with E-state index in [1.807, 2.05) is 36.4 Å².